The normalized spacial score (nSPS) is 12.8. The van der Waals surface area contributed by atoms with Gasteiger partial charge in [-0.1, -0.05) is 6.92 Å². The fourth-order valence-corrected chi connectivity index (χ4v) is 2.36. The molecule has 14 heavy (non-hydrogen) atoms. The van der Waals surface area contributed by atoms with E-state index in [1.54, 1.807) is 7.05 Å². The highest BCUT2D eigenvalue weighted by molar-refractivity contribution is 7.12. The number of nitrogens with one attached hydrogen (secondary N) is 1. The van der Waals surface area contributed by atoms with Crippen molar-refractivity contribution in [3.63, 3.8) is 0 Å². The summed E-state index contributed by atoms with van der Waals surface area (Å²) in [5, 5.41) is 12.7. The molecule has 1 aromatic heterocycles. The van der Waals surface area contributed by atoms with Crippen LogP contribution in [0.2, 0.25) is 0 Å². The molecule has 0 aromatic carbocycles. The van der Waals surface area contributed by atoms with Gasteiger partial charge in [-0.25, -0.2) is 4.98 Å². The van der Waals surface area contributed by atoms with Crippen molar-refractivity contribution in [2.75, 3.05) is 7.05 Å². The molecule has 1 heterocycles. The lowest BCUT2D eigenvalue weighted by Crippen LogP contribution is -2.24. The van der Waals surface area contributed by atoms with Crippen molar-refractivity contribution >= 4 is 17.3 Å². The predicted octanol–water partition coefficient (Wildman–Crippen LogP) is 1.36. The Balaban J connectivity index is 3.03. The van der Waals surface area contributed by atoms with Gasteiger partial charge in [0.15, 0.2) is 0 Å². The first kappa shape index (κ1) is 11.1. The molecule has 5 heteroatoms. The quantitative estimate of drug-likeness (QED) is 0.794. The molecular formula is C9H14N2O2S. The van der Waals surface area contributed by atoms with Crippen molar-refractivity contribution in [2.45, 2.75) is 26.3 Å². The molecule has 0 saturated carbocycles. The van der Waals surface area contributed by atoms with E-state index in [1.807, 2.05) is 13.8 Å². The minimum atomic E-state index is -0.859. The smallest absolute Gasteiger partial charge is 0.326 e. The van der Waals surface area contributed by atoms with Gasteiger partial charge in [0.2, 0.25) is 0 Å². The fourth-order valence-electron chi connectivity index (χ4n) is 1.25. The number of rotatable bonds is 4. The molecule has 0 aliphatic carbocycles. The summed E-state index contributed by atoms with van der Waals surface area (Å²) in [7, 11) is 1.64. The maximum atomic E-state index is 10.9. The zero-order valence-electron chi connectivity index (χ0n) is 8.50. The Morgan fingerprint density at radius 3 is 2.71 bits per heavy atom. The van der Waals surface area contributed by atoms with Crippen LogP contribution in [0.4, 0.5) is 0 Å². The number of carboxylic acid groups (broad SMARTS) is 1. The van der Waals surface area contributed by atoms with E-state index in [0.29, 0.717) is 0 Å². The molecule has 1 unspecified atom stereocenters. The van der Waals surface area contributed by atoms with Crippen molar-refractivity contribution in [1.82, 2.24) is 10.3 Å². The van der Waals surface area contributed by atoms with Crippen molar-refractivity contribution in [3.8, 4) is 0 Å². The second-order valence-electron chi connectivity index (χ2n) is 2.97. The van der Waals surface area contributed by atoms with E-state index >= 15 is 0 Å². The summed E-state index contributed by atoms with van der Waals surface area (Å²) in [6.07, 6.45) is 0.849. The summed E-state index contributed by atoms with van der Waals surface area (Å²) in [6.45, 7) is 3.86. The molecule has 0 spiro atoms. The van der Waals surface area contributed by atoms with Crippen LogP contribution >= 0.6 is 11.3 Å². The highest BCUT2D eigenvalue weighted by Gasteiger charge is 2.22. The fraction of sp³-hybridized carbons (Fsp3) is 0.556. The lowest BCUT2D eigenvalue weighted by molar-refractivity contribution is -0.139. The number of aromatic nitrogens is 1. The third-order valence-corrected chi connectivity index (χ3v) is 3.34. The lowest BCUT2D eigenvalue weighted by atomic mass is 10.2. The van der Waals surface area contributed by atoms with Gasteiger partial charge in [0.1, 0.15) is 6.04 Å². The van der Waals surface area contributed by atoms with E-state index < -0.39 is 12.0 Å². The molecule has 1 rings (SSSR count). The highest BCUT2D eigenvalue weighted by Crippen LogP contribution is 2.25. The van der Waals surface area contributed by atoms with Gasteiger partial charge >= 0.3 is 5.97 Å². The maximum absolute atomic E-state index is 10.9. The van der Waals surface area contributed by atoms with Crippen LogP contribution in [0.25, 0.3) is 0 Å². The van der Waals surface area contributed by atoms with Crippen LogP contribution in [-0.4, -0.2) is 23.1 Å². The summed E-state index contributed by atoms with van der Waals surface area (Å²) < 4.78 is 0. The Labute approximate surface area is 87.0 Å². The van der Waals surface area contributed by atoms with Gasteiger partial charge in [-0.3, -0.25) is 4.79 Å². The Bertz CT molecular complexity index is 336. The van der Waals surface area contributed by atoms with E-state index in [4.69, 9.17) is 5.11 Å². The first-order chi connectivity index (χ1) is 6.60. The number of carboxylic acids is 1. The van der Waals surface area contributed by atoms with Crippen LogP contribution in [0.1, 0.15) is 28.5 Å². The van der Waals surface area contributed by atoms with Crippen molar-refractivity contribution in [2.24, 2.45) is 0 Å². The number of hydrogen-bond donors (Lipinski definition) is 2. The molecule has 0 aliphatic rings. The highest BCUT2D eigenvalue weighted by atomic mass is 32.1. The van der Waals surface area contributed by atoms with Crippen molar-refractivity contribution < 1.29 is 9.90 Å². The van der Waals surface area contributed by atoms with Crippen LogP contribution in [0, 0.1) is 6.92 Å². The molecule has 1 aromatic rings. The summed E-state index contributed by atoms with van der Waals surface area (Å²) >= 11 is 1.47. The Kier molecular flexibility index (Phi) is 3.60. The number of aryl methyl sites for hydroxylation is 2. The zero-order chi connectivity index (χ0) is 10.7. The maximum Gasteiger partial charge on any atom is 0.326 e. The summed E-state index contributed by atoms with van der Waals surface area (Å²) in [4.78, 5) is 16.0. The van der Waals surface area contributed by atoms with Gasteiger partial charge in [0.05, 0.1) is 15.6 Å². The molecule has 78 valence electrons. The number of aliphatic carboxylic acids is 1. The number of hydrogen-bond acceptors (Lipinski definition) is 4. The van der Waals surface area contributed by atoms with Crippen LogP contribution in [-0.2, 0) is 11.2 Å². The Hall–Kier alpha value is -0.940. The monoisotopic (exact) mass is 214 g/mol. The van der Waals surface area contributed by atoms with Gasteiger partial charge in [0, 0.05) is 0 Å². The van der Waals surface area contributed by atoms with Crippen LogP contribution in [0.15, 0.2) is 0 Å². The largest absolute Gasteiger partial charge is 0.480 e. The van der Waals surface area contributed by atoms with E-state index in [1.165, 1.54) is 11.3 Å². The molecule has 1 atom stereocenters. The molecular weight excluding hydrogens is 200 g/mol. The average Bonchev–Trinajstić information content (AvgIpc) is 2.48. The zero-order valence-corrected chi connectivity index (χ0v) is 9.31. The van der Waals surface area contributed by atoms with E-state index in [9.17, 15) is 4.79 Å². The standard InChI is InChI=1S/C9H14N2O2S/c1-4-6-11-5(2)8(14-6)7(10-3)9(12)13/h7,10H,4H2,1-3H3,(H,12,13). The molecule has 0 radical (unpaired) electrons. The summed E-state index contributed by atoms with van der Waals surface area (Å²) in [5.74, 6) is -0.859. The van der Waals surface area contributed by atoms with Gasteiger partial charge in [-0.15, -0.1) is 11.3 Å². The number of carbonyl (C=O) groups is 1. The molecule has 2 N–H and O–H groups in total. The van der Waals surface area contributed by atoms with E-state index in [0.717, 1.165) is 22.0 Å². The Morgan fingerprint density at radius 2 is 2.36 bits per heavy atom. The average molecular weight is 214 g/mol. The van der Waals surface area contributed by atoms with Crippen LogP contribution < -0.4 is 5.32 Å². The van der Waals surface area contributed by atoms with Crippen molar-refractivity contribution in [3.05, 3.63) is 15.6 Å². The number of thiazole rings is 1. The van der Waals surface area contributed by atoms with Gasteiger partial charge < -0.3 is 10.4 Å². The predicted molar refractivity (Wildman–Crippen MR) is 55.7 cm³/mol. The molecule has 0 aliphatic heterocycles. The first-order valence-corrected chi connectivity index (χ1v) is 5.28. The SMILES string of the molecule is CCc1nc(C)c(C(NC)C(=O)O)s1. The van der Waals surface area contributed by atoms with Crippen molar-refractivity contribution in [1.29, 1.82) is 0 Å². The van der Waals surface area contributed by atoms with Gasteiger partial charge in [-0.05, 0) is 20.4 Å². The molecule has 4 nitrogen and oxygen atoms in total. The molecule has 0 saturated heterocycles. The lowest BCUT2D eigenvalue weighted by Gasteiger charge is -2.08. The molecule has 0 bridgehead atoms. The second-order valence-corrected chi connectivity index (χ2v) is 4.09. The number of nitrogens with zero attached hydrogens (tertiary/aromatic N) is 1. The van der Waals surface area contributed by atoms with Gasteiger partial charge in [0.25, 0.3) is 0 Å². The third-order valence-electron chi connectivity index (χ3n) is 1.98. The Morgan fingerprint density at radius 1 is 1.71 bits per heavy atom. The number of likely N-dealkylation sites (N-methyl/N-ethyl adjacent to an activating group) is 1. The van der Waals surface area contributed by atoms with Crippen LogP contribution in [0.3, 0.4) is 0 Å². The topological polar surface area (TPSA) is 62.2 Å². The summed E-state index contributed by atoms with van der Waals surface area (Å²) in [6, 6.07) is -0.632. The molecule has 0 fully saturated rings. The first-order valence-electron chi connectivity index (χ1n) is 4.46. The van der Waals surface area contributed by atoms with Gasteiger partial charge in [-0.2, -0.15) is 0 Å². The second kappa shape index (κ2) is 4.52. The third kappa shape index (κ3) is 2.10. The van der Waals surface area contributed by atoms with E-state index in [-0.39, 0.29) is 0 Å². The minimum absolute atomic E-state index is 0.632. The van der Waals surface area contributed by atoms with Crippen LogP contribution in [0.5, 0.6) is 0 Å². The molecule has 0 amide bonds. The summed E-state index contributed by atoms with van der Waals surface area (Å²) in [5.41, 5.74) is 0.814. The minimum Gasteiger partial charge on any atom is -0.480 e. The van der Waals surface area contributed by atoms with E-state index in [2.05, 4.69) is 10.3 Å².